The number of rotatable bonds is 11. The number of anilines is 1. The highest BCUT2D eigenvalue weighted by molar-refractivity contribution is 8.45. The summed E-state index contributed by atoms with van der Waals surface area (Å²) < 4.78 is 72.9. The normalized spacial score (nSPS) is 21.5. The lowest BCUT2D eigenvalue weighted by molar-refractivity contribution is -0.129. The van der Waals surface area contributed by atoms with Crippen molar-refractivity contribution in [3.63, 3.8) is 0 Å². The Kier molecular flexibility index (Phi) is 7.98. The van der Waals surface area contributed by atoms with Gasteiger partial charge in [0, 0.05) is 55.3 Å². The Morgan fingerprint density at radius 1 is 1.19 bits per heavy atom. The number of ether oxygens (including phenoxy) is 1. The molecule has 1 aromatic carbocycles. The van der Waals surface area contributed by atoms with Gasteiger partial charge in [-0.2, -0.15) is 5.26 Å². The van der Waals surface area contributed by atoms with Crippen molar-refractivity contribution < 1.29 is 33.8 Å². The fourth-order valence-electron chi connectivity index (χ4n) is 4.83. The van der Waals surface area contributed by atoms with Gasteiger partial charge in [-0.3, -0.25) is 24.4 Å². The average molecular weight is 617 g/mol. The largest absolute Gasteiger partial charge is 0.379 e. The van der Waals surface area contributed by atoms with Gasteiger partial charge >= 0.3 is 10.2 Å². The van der Waals surface area contributed by atoms with Gasteiger partial charge in [0.05, 0.1) is 12.6 Å². The number of nitrogens with one attached hydrogen (secondary N) is 2. The molecule has 9 nitrogen and oxygen atoms in total. The van der Waals surface area contributed by atoms with Crippen molar-refractivity contribution in [2.45, 2.75) is 67.8 Å². The number of benzene rings is 1. The van der Waals surface area contributed by atoms with Crippen molar-refractivity contribution in [3.05, 3.63) is 54.4 Å². The molecule has 15 heteroatoms. The average Bonchev–Trinajstić information content (AvgIpc) is 3.65. The molecule has 3 atom stereocenters. The zero-order valence-corrected chi connectivity index (χ0v) is 24.1. The van der Waals surface area contributed by atoms with E-state index in [0.717, 1.165) is 34.8 Å². The summed E-state index contributed by atoms with van der Waals surface area (Å²) in [4.78, 5) is 32.2. The lowest BCUT2D eigenvalue weighted by Crippen LogP contribution is -2.56. The summed E-state index contributed by atoms with van der Waals surface area (Å²) in [6, 6.07) is 2.60. The van der Waals surface area contributed by atoms with E-state index in [4.69, 9.17) is 4.74 Å². The molecule has 2 N–H and O–H groups in total. The first kappa shape index (κ1) is 31.5. The highest BCUT2D eigenvalue weighted by Gasteiger charge is 2.65. The van der Waals surface area contributed by atoms with Crippen LogP contribution in [0.15, 0.2) is 53.7 Å². The summed E-state index contributed by atoms with van der Waals surface area (Å²) in [5, 5.41) is 15.9. The first-order chi connectivity index (χ1) is 19.4. The smallest absolute Gasteiger partial charge is 0.310 e. The lowest BCUT2D eigenvalue weighted by Gasteiger charge is -2.41. The third kappa shape index (κ3) is 7.47. The van der Waals surface area contributed by atoms with Gasteiger partial charge in [-0.05, 0) is 57.0 Å². The van der Waals surface area contributed by atoms with Gasteiger partial charge in [0.1, 0.15) is 17.0 Å². The van der Waals surface area contributed by atoms with Crippen LogP contribution in [0, 0.1) is 11.5 Å². The number of nitriles is 1. The number of methoxy groups -OCH3 is 1. The third-order valence-corrected chi connectivity index (χ3v) is 8.35. The van der Waals surface area contributed by atoms with Crippen LogP contribution in [0.4, 0.5) is 25.1 Å². The first-order valence-corrected chi connectivity index (χ1v) is 15.2. The number of amides is 2. The molecule has 0 bridgehead atoms. The number of pyridine rings is 1. The van der Waals surface area contributed by atoms with E-state index >= 15 is 0 Å². The molecule has 4 rings (SSSR count). The summed E-state index contributed by atoms with van der Waals surface area (Å²) in [5.41, 5.74) is -0.841. The van der Waals surface area contributed by atoms with Crippen LogP contribution in [0.25, 0.3) is 0 Å². The molecule has 2 aromatic rings. The number of halogens is 5. The molecule has 2 aliphatic rings. The number of hydrogen-bond acceptors (Lipinski definition) is 7. The molecule has 42 heavy (non-hydrogen) atoms. The van der Waals surface area contributed by atoms with Gasteiger partial charge in [0.25, 0.3) is 5.91 Å². The molecule has 3 unspecified atom stereocenters. The van der Waals surface area contributed by atoms with E-state index in [1.54, 1.807) is 13.8 Å². The number of carbonyl (C=O) groups excluding carboxylic acids is 2. The SMILES string of the molecule is COC1CC(C(=O)N(c2ccc(S(F)(F)(F)(F)F)cc2)C(C(=O)NC(C)(C)CNC2CC2)c2cccnc2)N(C#N)C1. The summed E-state index contributed by atoms with van der Waals surface area (Å²) >= 11 is 0. The summed E-state index contributed by atoms with van der Waals surface area (Å²) in [6.45, 7) is 4.02. The maximum atomic E-state index is 14.2. The van der Waals surface area contributed by atoms with Crippen LogP contribution >= 0.6 is 10.2 Å². The number of aromatic nitrogens is 1. The Bertz CT molecular complexity index is 1350. The highest BCUT2D eigenvalue weighted by Crippen LogP contribution is 3.02. The Balaban J connectivity index is 1.80. The van der Waals surface area contributed by atoms with Crippen LogP contribution in [-0.4, -0.2) is 65.6 Å². The second-order valence-electron chi connectivity index (χ2n) is 11.2. The molecule has 1 aliphatic heterocycles. The van der Waals surface area contributed by atoms with E-state index in [1.807, 2.05) is 6.19 Å². The van der Waals surface area contributed by atoms with Crippen LogP contribution in [0.2, 0.25) is 0 Å². The van der Waals surface area contributed by atoms with Crippen LogP contribution in [0.5, 0.6) is 0 Å². The van der Waals surface area contributed by atoms with Crippen LogP contribution in [0.3, 0.4) is 0 Å². The zero-order chi connectivity index (χ0) is 31.0. The minimum atomic E-state index is -10.0. The molecular weight excluding hydrogens is 583 g/mol. The van der Waals surface area contributed by atoms with Crippen molar-refractivity contribution in [2.24, 2.45) is 0 Å². The molecule has 1 saturated heterocycles. The molecule has 1 saturated carbocycles. The number of carbonyl (C=O) groups is 2. The summed E-state index contributed by atoms with van der Waals surface area (Å²) in [5.74, 6) is -1.48. The van der Waals surface area contributed by atoms with Crippen LogP contribution < -0.4 is 15.5 Å². The van der Waals surface area contributed by atoms with E-state index < -0.39 is 50.7 Å². The van der Waals surface area contributed by atoms with Gasteiger partial charge in [-0.25, -0.2) is 0 Å². The van der Waals surface area contributed by atoms with Crippen molar-refractivity contribution in [2.75, 3.05) is 25.1 Å². The van der Waals surface area contributed by atoms with Gasteiger partial charge in [-0.15, -0.1) is 0 Å². The highest BCUT2D eigenvalue weighted by atomic mass is 32.5. The summed E-state index contributed by atoms with van der Waals surface area (Å²) in [6.07, 6.45) is 6.27. The quantitative estimate of drug-likeness (QED) is 0.269. The Hall–Kier alpha value is -3.48. The van der Waals surface area contributed by atoms with Crippen molar-refractivity contribution >= 4 is 27.7 Å². The third-order valence-electron chi connectivity index (χ3n) is 7.19. The van der Waals surface area contributed by atoms with E-state index in [2.05, 4.69) is 15.6 Å². The Morgan fingerprint density at radius 2 is 1.86 bits per heavy atom. The molecule has 2 fully saturated rings. The molecular formula is C27H33F5N6O3S. The number of hydrogen-bond donors (Lipinski definition) is 2. The zero-order valence-electron chi connectivity index (χ0n) is 23.3. The lowest BCUT2D eigenvalue weighted by atomic mass is 9.99. The van der Waals surface area contributed by atoms with Gasteiger partial charge < -0.3 is 15.4 Å². The minimum Gasteiger partial charge on any atom is -0.379 e. The van der Waals surface area contributed by atoms with E-state index in [1.165, 1.54) is 31.6 Å². The number of likely N-dealkylation sites (tertiary alicyclic amines) is 1. The predicted octanol–water partition coefficient (Wildman–Crippen LogP) is 5.03. The van der Waals surface area contributed by atoms with Crippen LogP contribution in [0.1, 0.15) is 44.7 Å². The monoisotopic (exact) mass is 616 g/mol. The van der Waals surface area contributed by atoms with Gasteiger partial charge in [0.2, 0.25) is 5.91 Å². The second kappa shape index (κ2) is 10.7. The summed E-state index contributed by atoms with van der Waals surface area (Å²) in [7, 11) is -8.61. The number of nitrogens with zero attached hydrogens (tertiary/aromatic N) is 4. The standard InChI is InChI=1S/C27H33F5N6O3S/c1-27(2,16-35-19-6-7-19)36-25(39)24(18-5-4-12-34-14-18)38(26(40)23-13-21(41-3)15-37(23)17-33)20-8-10-22(11-9-20)42(28,29,30,31)32/h4-5,8-12,14,19,21,23-24,35H,6-7,13,15-16H2,1-3H3,(H,36,39). The van der Waals surface area contributed by atoms with Crippen molar-refractivity contribution in [1.82, 2.24) is 20.5 Å². The maximum absolute atomic E-state index is 14.2. The maximum Gasteiger partial charge on any atom is 0.310 e. The van der Waals surface area contributed by atoms with Gasteiger partial charge in [-0.1, -0.05) is 25.5 Å². The van der Waals surface area contributed by atoms with Gasteiger partial charge in [0.15, 0.2) is 6.19 Å². The van der Waals surface area contributed by atoms with E-state index in [9.17, 15) is 34.3 Å². The minimum absolute atomic E-state index is 0.0567. The van der Waals surface area contributed by atoms with E-state index in [-0.39, 0.29) is 36.3 Å². The Labute approximate surface area is 240 Å². The van der Waals surface area contributed by atoms with Crippen molar-refractivity contribution in [3.8, 4) is 6.19 Å². The predicted molar refractivity (Wildman–Crippen MR) is 147 cm³/mol. The molecule has 0 radical (unpaired) electrons. The molecule has 2 heterocycles. The molecule has 1 aliphatic carbocycles. The van der Waals surface area contributed by atoms with Crippen LogP contribution in [-0.2, 0) is 14.3 Å². The molecule has 230 valence electrons. The second-order valence-corrected chi connectivity index (χ2v) is 13.7. The van der Waals surface area contributed by atoms with E-state index in [0.29, 0.717) is 12.6 Å². The fraction of sp³-hybridized carbons (Fsp3) is 0.481. The first-order valence-electron chi connectivity index (χ1n) is 13.2. The topological polar surface area (TPSA) is 111 Å². The molecule has 0 spiro atoms. The Morgan fingerprint density at radius 3 is 2.38 bits per heavy atom. The fourth-order valence-corrected chi connectivity index (χ4v) is 5.48. The molecule has 2 amide bonds. The van der Waals surface area contributed by atoms with Crippen molar-refractivity contribution in [1.29, 1.82) is 5.26 Å². The molecule has 1 aromatic heterocycles.